The van der Waals surface area contributed by atoms with Crippen LogP contribution in [-0.2, 0) is 10.8 Å². The standard InChI is InChI=1S/C14H13NO2S2/c15-11-12-5-1-2-6-13(12)17-8-4-10-19(16)14-7-3-9-18-14/h1-3,5-7,9H,4,8,10H2. The Morgan fingerprint density at radius 2 is 2.11 bits per heavy atom. The van der Waals surface area contributed by atoms with Gasteiger partial charge in [0.25, 0.3) is 0 Å². The van der Waals surface area contributed by atoms with Gasteiger partial charge < -0.3 is 4.74 Å². The molecule has 1 aromatic heterocycles. The van der Waals surface area contributed by atoms with Crippen LogP contribution in [0.1, 0.15) is 12.0 Å². The van der Waals surface area contributed by atoms with E-state index in [4.69, 9.17) is 10.00 Å². The van der Waals surface area contributed by atoms with E-state index >= 15 is 0 Å². The highest BCUT2D eigenvalue weighted by atomic mass is 32.2. The van der Waals surface area contributed by atoms with Gasteiger partial charge >= 0.3 is 0 Å². The molecule has 98 valence electrons. The average molecular weight is 291 g/mol. The van der Waals surface area contributed by atoms with E-state index in [1.54, 1.807) is 18.2 Å². The lowest BCUT2D eigenvalue weighted by atomic mass is 10.2. The molecule has 0 N–H and O–H groups in total. The van der Waals surface area contributed by atoms with Crippen molar-refractivity contribution in [3.63, 3.8) is 0 Å². The van der Waals surface area contributed by atoms with E-state index in [0.29, 0.717) is 30.1 Å². The molecule has 2 aromatic rings. The summed E-state index contributed by atoms with van der Waals surface area (Å²) in [6, 6.07) is 13.0. The van der Waals surface area contributed by atoms with Crippen LogP contribution in [0, 0.1) is 11.3 Å². The van der Waals surface area contributed by atoms with Crippen LogP contribution < -0.4 is 4.74 Å². The predicted octanol–water partition coefficient (Wildman–Crippen LogP) is 3.20. The molecule has 1 unspecified atom stereocenters. The zero-order chi connectivity index (χ0) is 13.5. The van der Waals surface area contributed by atoms with Crippen molar-refractivity contribution in [2.45, 2.75) is 10.6 Å². The molecular formula is C14H13NO2S2. The molecule has 0 saturated heterocycles. The normalized spacial score (nSPS) is 11.7. The van der Waals surface area contributed by atoms with Crippen molar-refractivity contribution in [3.8, 4) is 11.8 Å². The van der Waals surface area contributed by atoms with Gasteiger partial charge in [0.05, 0.1) is 27.2 Å². The summed E-state index contributed by atoms with van der Waals surface area (Å²) in [6.07, 6.45) is 0.699. The van der Waals surface area contributed by atoms with Gasteiger partial charge in [-0.05, 0) is 30.0 Å². The molecule has 5 heteroatoms. The van der Waals surface area contributed by atoms with E-state index in [9.17, 15) is 4.21 Å². The van der Waals surface area contributed by atoms with Crippen LogP contribution in [0.4, 0.5) is 0 Å². The highest BCUT2D eigenvalue weighted by Gasteiger charge is 2.05. The third kappa shape index (κ3) is 3.91. The molecule has 1 aromatic carbocycles. The number of benzene rings is 1. The summed E-state index contributed by atoms with van der Waals surface area (Å²) in [6.45, 7) is 0.468. The number of para-hydroxylation sites is 1. The monoisotopic (exact) mass is 291 g/mol. The van der Waals surface area contributed by atoms with Crippen LogP contribution in [0.2, 0.25) is 0 Å². The highest BCUT2D eigenvalue weighted by molar-refractivity contribution is 7.87. The first kappa shape index (κ1) is 13.8. The van der Waals surface area contributed by atoms with Gasteiger partial charge in [0.1, 0.15) is 11.8 Å². The van der Waals surface area contributed by atoms with Gasteiger partial charge in [0, 0.05) is 5.75 Å². The van der Waals surface area contributed by atoms with E-state index in [0.717, 1.165) is 4.21 Å². The van der Waals surface area contributed by atoms with Crippen molar-refractivity contribution in [2.24, 2.45) is 0 Å². The van der Waals surface area contributed by atoms with Crippen molar-refractivity contribution >= 4 is 22.1 Å². The molecule has 1 heterocycles. The molecule has 0 amide bonds. The van der Waals surface area contributed by atoms with Gasteiger partial charge in [-0.1, -0.05) is 18.2 Å². The van der Waals surface area contributed by atoms with Crippen LogP contribution in [0.3, 0.4) is 0 Å². The summed E-state index contributed by atoms with van der Waals surface area (Å²) in [5.74, 6) is 1.17. The zero-order valence-corrected chi connectivity index (χ0v) is 11.9. The molecular weight excluding hydrogens is 278 g/mol. The van der Waals surface area contributed by atoms with E-state index in [1.165, 1.54) is 11.3 Å². The molecule has 0 aliphatic heterocycles. The van der Waals surface area contributed by atoms with Crippen LogP contribution in [-0.4, -0.2) is 16.6 Å². The lowest BCUT2D eigenvalue weighted by molar-refractivity contribution is 0.317. The smallest absolute Gasteiger partial charge is 0.137 e. The van der Waals surface area contributed by atoms with Gasteiger partial charge in [-0.3, -0.25) is 4.21 Å². The summed E-state index contributed by atoms with van der Waals surface area (Å²) in [4.78, 5) is 0. The number of hydrogen-bond acceptors (Lipinski definition) is 4. The summed E-state index contributed by atoms with van der Waals surface area (Å²) >= 11 is 1.51. The third-order valence-corrected chi connectivity index (χ3v) is 5.21. The van der Waals surface area contributed by atoms with Crippen molar-refractivity contribution < 1.29 is 8.95 Å². The minimum absolute atomic E-state index is 0.468. The van der Waals surface area contributed by atoms with E-state index in [-0.39, 0.29) is 0 Å². The number of rotatable bonds is 6. The first-order chi connectivity index (χ1) is 9.31. The quantitative estimate of drug-likeness (QED) is 0.768. The largest absolute Gasteiger partial charge is 0.492 e. The fourth-order valence-corrected chi connectivity index (χ4v) is 3.66. The number of nitriles is 1. The second-order valence-corrected chi connectivity index (χ2v) is 6.54. The molecule has 19 heavy (non-hydrogen) atoms. The second-order valence-electron chi connectivity index (χ2n) is 3.79. The minimum Gasteiger partial charge on any atom is -0.492 e. The fourth-order valence-electron chi connectivity index (χ4n) is 1.55. The molecule has 0 radical (unpaired) electrons. The van der Waals surface area contributed by atoms with Crippen LogP contribution in [0.5, 0.6) is 5.75 Å². The molecule has 1 atom stereocenters. The second kappa shape index (κ2) is 7.07. The molecule has 0 fully saturated rings. The maximum atomic E-state index is 11.9. The lowest BCUT2D eigenvalue weighted by Crippen LogP contribution is -2.04. The topological polar surface area (TPSA) is 50.1 Å². The van der Waals surface area contributed by atoms with Crippen LogP contribution in [0.25, 0.3) is 0 Å². The predicted molar refractivity (Wildman–Crippen MR) is 76.9 cm³/mol. The van der Waals surface area contributed by atoms with Crippen molar-refractivity contribution in [1.82, 2.24) is 0 Å². The first-order valence-corrected chi connectivity index (χ1v) is 8.05. The van der Waals surface area contributed by atoms with Gasteiger partial charge in [-0.15, -0.1) is 11.3 Å². The Balaban J connectivity index is 1.78. The van der Waals surface area contributed by atoms with E-state index < -0.39 is 10.8 Å². The maximum Gasteiger partial charge on any atom is 0.137 e. The molecule has 2 rings (SSSR count). The first-order valence-electron chi connectivity index (χ1n) is 5.85. The highest BCUT2D eigenvalue weighted by Crippen LogP contribution is 2.17. The average Bonchev–Trinajstić information content (AvgIpc) is 2.98. The Kier molecular flexibility index (Phi) is 5.13. The Morgan fingerprint density at radius 1 is 1.26 bits per heavy atom. The molecule has 0 spiro atoms. The summed E-state index contributed by atoms with van der Waals surface area (Å²) < 4.78 is 18.3. The van der Waals surface area contributed by atoms with Gasteiger partial charge in [0.2, 0.25) is 0 Å². The van der Waals surface area contributed by atoms with Gasteiger partial charge in [0.15, 0.2) is 0 Å². The van der Waals surface area contributed by atoms with Crippen molar-refractivity contribution in [3.05, 3.63) is 47.3 Å². The third-order valence-electron chi connectivity index (χ3n) is 2.46. The summed E-state index contributed by atoms with van der Waals surface area (Å²) in [5, 5.41) is 10.8. The number of hydrogen-bond donors (Lipinski definition) is 0. The van der Waals surface area contributed by atoms with Crippen LogP contribution >= 0.6 is 11.3 Å². The lowest BCUT2D eigenvalue weighted by Gasteiger charge is -2.06. The Morgan fingerprint density at radius 3 is 2.84 bits per heavy atom. The Labute approximate surface area is 118 Å². The van der Waals surface area contributed by atoms with Crippen molar-refractivity contribution in [2.75, 3.05) is 12.4 Å². The molecule has 3 nitrogen and oxygen atoms in total. The van der Waals surface area contributed by atoms with Crippen LogP contribution in [0.15, 0.2) is 46.0 Å². The Bertz CT molecular complexity index is 588. The van der Waals surface area contributed by atoms with Crippen molar-refractivity contribution in [1.29, 1.82) is 5.26 Å². The number of ether oxygens (including phenoxy) is 1. The molecule has 0 saturated carbocycles. The summed E-state index contributed by atoms with van der Waals surface area (Å²) in [7, 11) is -0.944. The molecule has 0 bridgehead atoms. The van der Waals surface area contributed by atoms with Gasteiger partial charge in [-0.2, -0.15) is 5.26 Å². The number of thiophene rings is 1. The molecule has 0 aliphatic carbocycles. The van der Waals surface area contributed by atoms with Gasteiger partial charge in [-0.25, -0.2) is 0 Å². The zero-order valence-electron chi connectivity index (χ0n) is 10.2. The minimum atomic E-state index is -0.944. The molecule has 0 aliphatic rings. The maximum absolute atomic E-state index is 11.9. The number of nitrogens with zero attached hydrogens (tertiary/aromatic N) is 1. The van der Waals surface area contributed by atoms with E-state index in [1.807, 2.05) is 23.6 Å². The fraction of sp³-hybridized carbons (Fsp3) is 0.214. The Hall–Kier alpha value is -1.64. The SMILES string of the molecule is N#Cc1ccccc1OCCCS(=O)c1cccs1. The summed E-state index contributed by atoms with van der Waals surface area (Å²) in [5.41, 5.74) is 0.530. The van der Waals surface area contributed by atoms with E-state index in [2.05, 4.69) is 6.07 Å².